The van der Waals surface area contributed by atoms with Gasteiger partial charge in [0.05, 0.1) is 0 Å². The van der Waals surface area contributed by atoms with Gasteiger partial charge in [0.1, 0.15) is 0 Å². The summed E-state index contributed by atoms with van der Waals surface area (Å²) in [6, 6.07) is 0.700. The van der Waals surface area contributed by atoms with Gasteiger partial charge in [-0.05, 0) is 52.2 Å². The molecule has 2 saturated carbocycles. The van der Waals surface area contributed by atoms with Gasteiger partial charge in [-0.25, -0.2) is 0 Å². The highest BCUT2D eigenvalue weighted by Crippen LogP contribution is 2.39. The zero-order chi connectivity index (χ0) is 13.7. The van der Waals surface area contributed by atoms with Crippen molar-refractivity contribution in [1.82, 2.24) is 10.2 Å². The molecule has 0 aromatic heterocycles. The van der Waals surface area contributed by atoms with Crippen molar-refractivity contribution in [2.75, 3.05) is 20.6 Å². The van der Waals surface area contributed by atoms with E-state index in [4.69, 9.17) is 0 Å². The van der Waals surface area contributed by atoms with Gasteiger partial charge < -0.3 is 10.2 Å². The Bertz CT molecular complexity index is 250. The summed E-state index contributed by atoms with van der Waals surface area (Å²) >= 11 is 0. The molecule has 0 amide bonds. The van der Waals surface area contributed by atoms with Gasteiger partial charge in [-0.3, -0.25) is 0 Å². The molecule has 2 rings (SSSR count). The molecule has 0 spiro atoms. The van der Waals surface area contributed by atoms with Crippen LogP contribution < -0.4 is 5.32 Å². The molecule has 0 aromatic carbocycles. The molecule has 2 nitrogen and oxygen atoms in total. The van der Waals surface area contributed by atoms with E-state index >= 15 is 0 Å². The van der Waals surface area contributed by atoms with Crippen molar-refractivity contribution in [3.63, 3.8) is 0 Å². The average Bonchev–Trinajstić information content (AvgIpc) is 3.21. The summed E-state index contributed by atoms with van der Waals surface area (Å²) in [5, 5.41) is 3.84. The van der Waals surface area contributed by atoms with Crippen LogP contribution in [0.4, 0.5) is 0 Å². The maximum absolute atomic E-state index is 3.84. The van der Waals surface area contributed by atoms with Gasteiger partial charge in [0.2, 0.25) is 0 Å². The molecule has 19 heavy (non-hydrogen) atoms. The minimum Gasteiger partial charge on any atom is -0.312 e. The lowest BCUT2D eigenvalue weighted by Gasteiger charge is -2.46. The molecule has 0 bridgehead atoms. The second-order valence-electron chi connectivity index (χ2n) is 7.04. The fraction of sp³-hybridized carbons (Fsp3) is 1.00. The Morgan fingerprint density at radius 1 is 1.11 bits per heavy atom. The van der Waals surface area contributed by atoms with Crippen LogP contribution in [0.3, 0.4) is 0 Å². The van der Waals surface area contributed by atoms with Gasteiger partial charge in [0.15, 0.2) is 0 Å². The summed E-state index contributed by atoms with van der Waals surface area (Å²) in [4.78, 5) is 2.55. The van der Waals surface area contributed by atoms with Crippen LogP contribution in [-0.2, 0) is 0 Å². The summed E-state index contributed by atoms with van der Waals surface area (Å²) in [5.41, 5.74) is 0.418. The maximum Gasteiger partial charge on any atom is 0.0356 e. The number of nitrogens with zero attached hydrogens (tertiary/aromatic N) is 1. The molecule has 2 heteroatoms. The minimum absolute atomic E-state index is 0.418. The van der Waals surface area contributed by atoms with E-state index < -0.39 is 0 Å². The van der Waals surface area contributed by atoms with Gasteiger partial charge in [-0.1, -0.05) is 45.4 Å². The van der Waals surface area contributed by atoms with Crippen LogP contribution in [0, 0.1) is 5.92 Å². The lowest BCUT2D eigenvalue weighted by molar-refractivity contribution is 0.0753. The number of hydrogen-bond donors (Lipinski definition) is 1. The molecule has 0 heterocycles. The lowest BCUT2D eigenvalue weighted by Crippen LogP contribution is -2.58. The summed E-state index contributed by atoms with van der Waals surface area (Å²) in [6.07, 6.45) is 14.3. The molecular formula is C17H34N2. The van der Waals surface area contributed by atoms with Crippen molar-refractivity contribution < 1.29 is 0 Å². The van der Waals surface area contributed by atoms with Gasteiger partial charge in [-0.15, -0.1) is 0 Å². The van der Waals surface area contributed by atoms with Crippen LogP contribution in [0.1, 0.15) is 71.1 Å². The van der Waals surface area contributed by atoms with Crippen LogP contribution in [0.2, 0.25) is 0 Å². The van der Waals surface area contributed by atoms with Crippen molar-refractivity contribution in [3.8, 4) is 0 Å². The van der Waals surface area contributed by atoms with E-state index in [1.54, 1.807) is 0 Å². The molecule has 0 saturated heterocycles. The Kier molecular flexibility index (Phi) is 5.70. The van der Waals surface area contributed by atoms with Crippen LogP contribution >= 0.6 is 0 Å². The molecule has 2 aliphatic rings. The Hall–Kier alpha value is -0.0800. The normalized spacial score (nSPS) is 25.3. The number of hydrogen-bond acceptors (Lipinski definition) is 2. The Labute approximate surface area is 120 Å². The zero-order valence-corrected chi connectivity index (χ0v) is 13.4. The fourth-order valence-electron chi connectivity index (χ4n) is 4.06. The first-order valence-electron chi connectivity index (χ1n) is 8.60. The topological polar surface area (TPSA) is 15.3 Å². The van der Waals surface area contributed by atoms with Crippen molar-refractivity contribution in [2.45, 2.75) is 82.7 Å². The molecule has 0 radical (unpaired) electrons. The molecule has 0 aliphatic heterocycles. The fourth-order valence-corrected chi connectivity index (χ4v) is 4.06. The summed E-state index contributed by atoms with van der Waals surface area (Å²) in [5.74, 6) is 1.06. The van der Waals surface area contributed by atoms with Crippen molar-refractivity contribution in [1.29, 1.82) is 0 Å². The standard InChI is InChI=1S/C17H34N2/c1-4-18-16(12-11-15-9-10-15)17(19(2)3)13-7-5-6-8-14-17/h15-16,18H,4-14H2,1-3H3. The summed E-state index contributed by atoms with van der Waals surface area (Å²) < 4.78 is 0. The van der Waals surface area contributed by atoms with Crippen molar-refractivity contribution >= 4 is 0 Å². The molecule has 1 unspecified atom stereocenters. The molecule has 1 N–H and O–H groups in total. The van der Waals surface area contributed by atoms with E-state index in [1.165, 1.54) is 64.2 Å². The molecule has 0 aromatic rings. The molecular weight excluding hydrogens is 232 g/mol. The first kappa shape index (κ1) is 15.3. The Morgan fingerprint density at radius 3 is 2.21 bits per heavy atom. The summed E-state index contributed by atoms with van der Waals surface area (Å²) in [7, 11) is 4.62. The predicted octanol–water partition coefficient (Wildman–Crippen LogP) is 3.81. The van der Waals surface area contributed by atoms with Gasteiger partial charge >= 0.3 is 0 Å². The smallest absolute Gasteiger partial charge is 0.0356 e. The second kappa shape index (κ2) is 7.08. The van der Waals surface area contributed by atoms with E-state index in [-0.39, 0.29) is 0 Å². The van der Waals surface area contributed by atoms with Gasteiger partial charge in [0.25, 0.3) is 0 Å². The monoisotopic (exact) mass is 266 g/mol. The van der Waals surface area contributed by atoms with Crippen molar-refractivity contribution in [2.24, 2.45) is 5.92 Å². The first-order chi connectivity index (χ1) is 9.19. The zero-order valence-electron chi connectivity index (χ0n) is 13.4. The highest BCUT2D eigenvalue weighted by molar-refractivity contribution is 5.00. The quantitative estimate of drug-likeness (QED) is 0.705. The molecule has 1 atom stereocenters. The third-order valence-corrected chi connectivity index (χ3v) is 5.52. The van der Waals surface area contributed by atoms with Crippen LogP contribution in [0.15, 0.2) is 0 Å². The largest absolute Gasteiger partial charge is 0.312 e. The molecule has 2 aliphatic carbocycles. The first-order valence-corrected chi connectivity index (χ1v) is 8.60. The predicted molar refractivity (Wildman–Crippen MR) is 83.5 cm³/mol. The van der Waals surface area contributed by atoms with Crippen LogP contribution in [0.5, 0.6) is 0 Å². The highest BCUT2D eigenvalue weighted by Gasteiger charge is 2.40. The second-order valence-corrected chi connectivity index (χ2v) is 7.04. The average molecular weight is 266 g/mol. The SMILES string of the molecule is CCNC(CCC1CC1)C1(N(C)C)CCCCCC1. The number of nitrogens with one attached hydrogen (secondary N) is 1. The molecule has 2 fully saturated rings. The van der Waals surface area contributed by atoms with Gasteiger partial charge in [-0.2, -0.15) is 0 Å². The van der Waals surface area contributed by atoms with E-state index in [2.05, 4.69) is 31.2 Å². The summed E-state index contributed by atoms with van der Waals surface area (Å²) in [6.45, 7) is 3.38. The van der Waals surface area contributed by atoms with Crippen LogP contribution in [0.25, 0.3) is 0 Å². The Balaban J connectivity index is 2.05. The minimum atomic E-state index is 0.418. The third kappa shape index (κ3) is 3.95. The van der Waals surface area contributed by atoms with E-state index in [9.17, 15) is 0 Å². The number of likely N-dealkylation sites (N-methyl/N-ethyl adjacent to an activating group) is 2. The van der Waals surface area contributed by atoms with Gasteiger partial charge in [0, 0.05) is 11.6 Å². The third-order valence-electron chi connectivity index (χ3n) is 5.52. The van der Waals surface area contributed by atoms with Crippen molar-refractivity contribution in [3.05, 3.63) is 0 Å². The number of rotatable bonds is 7. The van der Waals surface area contributed by atoms with E-state index in [0.29, 0.717) is 11.6 Å². The highest BCUT2D eigenvalue weighted by atomic mass is 15.2. The van der Waals surface area contributed by atoms with Crippen LogP contribution in [-0.4, -0.2) is 37.1 Å². The maximum atomic E-state index is 3.84. The lowest BCUT2D eigenvalue weighted by atomic mass is 9.79. The van der Waals surface area contributed by atoms with E-state index in [0.717, 1.165) is 12.5 Å². The molecule has 112 valence electrons. The Morgan fingerprint density at radius 2 is 1.74 bits per heavy atom. The van der Waals surface area contributed by atoms with E-state index in [1.807, 2.05) is 0 Å².